The van der Waals surface area contributed by atoms with Gasteiger partial charge in [0.15, 0.2) is 21.8 Å². The third-order valence-corrected chi connectivity index (χ3v) is 6.16. The summed E-state index contributed by atoms with van der Waals surface area (Å²) in [5.41, 5.74) is 2.11. The molecule has 1 aromatic carbocycles. The van der Waals surface area contributed by atoms with Crippen LogP contribution < -0.4 is 5.32 Å². The first-order valence-electron chi connectivity index (χ1n) is 8.45. The number of anilines is 1. The number of rotatable bonds is 6. The summed E-state index contributed by atoms with van der Waals surface area (Å²) in [5.74, 6) is 0.777. The molecule has 26 heavy (non-hydrogen) atoms. The molecule has 0 unspecified atom stereocenters. The number of hydrogen-bond acceptors (Lipinski definition) is 6. The van der Waals surface area contributed by atoms with Crippen LogP contribution >= 0.6 is 0 Å². The highest BCUT2D eigenvalue weighted by molar-refractivity contribution is 7.91. The van der Waals surface area contributed by atoms with Gasteiger partial charge in [0, 0.05) is 17.7 Å². The van der Waals surface area contributed by atoms with Crippen LogP contribution in [0, 0.1) is 0 Å². The van der Waals surface area contributed by atoms with Crippen molar-refractivity contribution in [1.29, 1.82) is 0 Å². The highest BCUT2D eigenvalue weighted by Crippen LogP contribution is 2.29. The Morgan fingerprint density at radius 1 is 1.31 bits per heavy atom. The topological polar surface area (TPSA) is 93.4 Å². The molecule has 7 nitrogen and oxygen atoms in total. The Labute approximate surface area is 151 Å². The molecule has 0 aliphatic heterocycles. The zero-order valence-electron chi connectivity index (χ0n) is 14.2. The molecule has 1 aliphatic carbocycles. The Hall–Kier alpha value is -2.74. The van der Waals surface area contributed by atoms with Crippen LogP contribution in [-0.4, -0.2) is 41.1 Å². The van der Waals surface area contributed by atoms with Crippen LogP contribution in [0.1, 0.15) is 30.1 Å². The normalized spacial score (nSPS) is 14.5. The highest BCUT2D eigenvalue weighted by Gasteiger charge is 2.23. The minimum absolute atomic E-state index is 0.0370. The Bertz CT molecular complexity index is 1100. The lowest BCUT2D eigenvalue weighted by Gasteiger charge is -2.11. The van der Waals surface area contributed by atoms with E-state index < -0.39 is 9.84 Å². The SMILES string of the molecule is CCS(=O)(=O)c1cccc(-c2cc(NC3CC3)n3ncc(C=O)c3n2)c1. The lowest BCUT2D eigenvalue weighted by atomic mass is 10.1. The van der Waals surface area contributed by atoms with Crippen LogP contribution in [-0.2, 0) is 9.84 Å². The maximum atomic E-state index is 12.2. The standard InChI is InChI=1S/C18H18N4O3S/c1-2-26(24,25)15-5-3-4-12(8-15)16-9-17(20-14-6-7-14)22-18(21-16)13(11-23)10-19-22/h3-5,8-11,14,20H,2,6-7H2,1H3. The average molecular weight is 370 g/mol. The zero-order chi connectivity index (χ0) is 18.3. The molecule has 0 atom stereocenters. The van der Waals surface area contributed by atoms with Crippen molar-refractivity contribution in [2.75, 3.05) is 11.1 Å². The van der Waals surface area contributed by atoms with E-state index >= 15 is 0 Å². The summed E-state index contributed by atoms with van der Waals surface area (Å²) >= 11 is 0. The Morgan fingerprint density at radius 2 is 2.12 bits per heavy atom. The van der Waals surface area contributed by atoms with E-state index in [-0.39, 0.29) is 10.6 Å². The van der Waals surface area contributed by atoms with Crippen LogP contribution in [0.4, 0.5) is 5.82 Å². The molecule has 1 fully saturated rings. The van der Waals surface area contributed by atoms with E-state index in [4.69, 9.17) is 0 Å². The van der Waals surface area contributed by atoms with Gasteiger partial charge in [-0.3, -0.25) is 4.79 Å². The highest BCUT2D eigenvalue weighted by atomic mass is 32.2. The van der Waals surface area contributed by atoms with Gasteiger partial charge in [-0.25, -0.2) is 13.4 Å². The fourth-order valence-corrected chi connectivity index (χ4v) is 3.69. The van der Waals surface area contributed by atoms with Crippen LogP contribution in [0.2, 0.25) is 0 Å². The number of carbonyl (C=O) groups excluding carboxylic acids is 1. The number of aromatic nitrogens is 3. The number of benzene rings is 1. The van der Waals surface area contributed by atoms with Gasteiger partial charge in [0.25, 0.3) is 0 Å². The minimum Gasteiger partial charge on any atom is -0.367 e. The Morgan fingerprint density at radius 3 is 2.81 bits per heavy atom. The van der Waals surface area contributed by atoms with Gasteiger partial charge in [-0.1, -0.05) is 19.1 Å². The number of aldehydes is 1. The number of nitrogens with zero attached hydrogens (tertiary/aromatic N) is 3. The van der Waals surface area contributed by atoms with Gasteiger partial charge in [0.05, 0.1) is 28.1 Å². The first-order valence-corrected chi connectivity index (χ1v) is 10.1. The van der Waals surface area contributed by atoms with Crippen molar-refractivity contribution in [3.8, 4) is 11.3 Å². The molecule has 8 heteroatoms. The molecule has 4 rings (SSSR count). The van der Waals surface area contributed by atoms with Gasteiger partial charge in [-0.2, -0.15) is 9.61 Å². The molecule has 134 valence electrons. The van der Waals surface area contributed by atoms with Gasteiger partial charge >= 0.3 is 0 Å². The third-order valence-electron chi connectivity index (χ3n) is 4.42. The van der Waals surface area contributed by atoms with Crippen molar-refractivity contribution in [2.45, 2.75) is 30.7 Å². The van der Waals surface area contributed by atoms with E-state index in [9.17, 15) is 13.2 Å². The average Bonchev–Trinajstić information content (AvgIpc) is 3.37. The summed E-state index contributed by atoms with van der Waals surface area (Å²) in [6.45, 7) is 1.62. The second kappa shape index (κ2) is 6.21. The molecular weight excluding hydrogens is 352 g/mol. The second-order valence-corrected chi connectivity index (χ2v) is 8.61. The van der Waals surface area contributed by atoms with Crippen molar-refractivity contribution >= 4 is 27.6 Å². The molecule has 2 aromatic heterocycles. The number of carbonyl (C=O) groups is 1. The molecule has 0 amide bonds. The molecule has 0 radical (unpaired) electrons. The van der Waals surface area contributed by atoms with Gasteiger partial charge in [0.1, 0.15) is 5.82 Å². The van der Waals surface area contributed by atoms with Crippen LogP contribution in [0.15, 0.2) is 41.4 Å². The molecule has 2 heterocycles. The minimum atomic E-state index is -3.31. The molecule has 1 saturated carbocycles. The molecule has 0 spiro atoms. The summed E-state index contributed by atoms with van der Waals surface area (Å²) in [4.78, 5) is 16.1. The predicted molar refractivity (Wildman–Crippen MR) is 98.2 cm³/mol. The van der Waals surface area contributed by atoms with Gasteiger partial charge in [0.2, 0.25) is 0 Å². The zero-order valence-corrected chi connectivity index (χ0v) is 15.0. The maximum absolute atomic E-state index is 12.2. The lowest BCUT2D eigenvalue weighted by Crippen LogP contribution is -2.08. The fourth-order valence-electron chi connectivity index (χ4n) is 2.77. The quantitative estimate of drug-likeness (QED) is 0.670. The van der Waals surface area contributed by atoms with Crippen LogP contribution in [0.25, 0.3) is 16.9 Å². The van der Waals surface area contributed by atoms with Crippen molar-refractivity contribution in [2.24, 2.45) is 0 Å². The van der Waals surface area contributed by atoms with Gasteiger partial charge in [-0.05, 0) is 25.0 Å². The largest absolute Gasteiger partial charge is 0.367 e. The first kappa shape index (κ1) is 16.7. The van der Waals surface area contributed by atoms with Crippen molar-refractivity contribution in [3.63, 3.8) is 0 Å². The van der Waals surface area contributed by atoms with E-state index in [1.807, 2.05) is 12.1 Å². The number of sulfone groups is 1. The van der Waals surface area contributed by atoms with E-state index in [1.165, 1.54) is 6.20 Å². The monoisotopic (exact) mass is 370 g/mol. The predicted octanol–water partition coefficient (Wildman–Crippen LogP) is 2.58. The van der Waals surface area contributed by atoms with Crippen LogP contribution in [0.3, 0.4) is 0 Å². The summed E-state index contributed by atoms with van der Waals surface area (Å²) in [5, 5.41) is 7.63. The number of fused-ring (bicyclic) bond motifs is 1. The van der Waals surface area contributed by atoms with Crippen LogP contribution in [0.5, 0.6) is 0 Å². The summed E-state index contributed by atoms with van der Waals surface area (Å²) < 4.78 is 26.0. The summed E-state index contributed by atoms with van der Waals surface area (Å²) in [7, 11) is -3.31. The number of nitrogens with one attached hydrogen (secondary N) is 1. The van der Waals surface area contributed by atoms with E-state index in [0.717, 1.165) is 24.9 Å². The summed E-state index contributed by atoms with van der Waals surface area (Å²) in [6, 6.07) is 8.95. The lowest BCUT2D eigenvalue weighted by molar-refractivity contribution is 0.112. The molecule has 1 aliphatic rings. The molecule has 3 aromatic rings. The van der Waals surface area contributed by atoms with Crippen molar-refractivity contribution in [3.05, 3.63) is 42.1 Å². The first-order chi connectivity index (χ1) is 12.5. The van der Waals surface area contributed by atoms with E-state index in [1.54, 1.807) is 29.6 Å². The smallest absolute Gasteiger partial charge is 0.178 e. The Balaban J connectivity index is 1.88. The third kappa shape index (κ3) is 2.96. The Kier molecular flexibility index (Phi) is 3.99. The van der Waals surface area contributed by atoms with Gasteiger partial charge in [-0.15, -0.1) is 0 Å². The summed E-state index contributed by atoms with van der Waals surface area (Å²) in [6.07, 6.45) is 4.38. The molecular formula is C18H18N4O3S. The second-order valence-electron chi connectivity index (χ2n) is 6.33. The fraction of sp³-hybridized carbons (Fsp3) is 0.278. The van der Waals surface area contributed by atoms with E-state index in [0.29, 0.717) is 28.5 Å². The van der Waals surface area contributed by atoms with Crippen molar-refractivity contribution < 1.29 is 13.2 Å². The molecule has 0 bridgehead atoms. The van der Waals surface area contributed by atoms with Crippen molar-refractivity contribution in [1.82, 2.24) is 14.6 Å². The molecule has 1 N–H and O–H groups in total. The van der Waals surface area contributed by atoms with Gasteiger partial charge < -0.3 is 5.32 Å². The molecule has 0 saturated heterocycles. The number of hydrogen-bond donors (Lipinski definition) is 1. The van der Waals surface area contributed by atoms with E-state index in [2.05, 4.69) is 15.4 Å². The maximum Gasteiger partial charge on any atom is 0.178 e.